The number of benzene rings is 1. The third kappa shape index (κ3) is 2.50. The molecule has 0 radical (unpaired) electrons. The monoisotopic (exact) mass is 296 g/mol. The molecule has 1 N–H and O–H groups in total. The van der Waals surface area contributed by atoms with Crippen LogP contribution in [0, 0.1) is 11.7 Å². The van der Waals surface area contributed by atoms with Crippen molar-refractivity contribution in [2.75, 3.05) is 11.4 Å². The van der Waals surface area contributed by atoms with Crippen LogP contribution in [-0.2, 0) is 9.59 Å². The second-order valence-corrected chi connectivity index (χ2v) is 5.63. The first-order valence-electron chi connectivity index (χ1n) is 6.62. The molecule has 1 aliphatic carbocycles. The summed E-state index contributed by atoms with van der Waals surface area (Å²) in [6.07, 6.45) is 2.12. The first-order chi connectivity index (χ1) is 9.56. The number of carbonyl (C=O) groups excluding carboxylic acids is 2. The molecule has 1 aromatic carbocycles. The number of hydrogen-bond acceptors (Lipinski definition) is 2. The SMILES string of the molecule is O=C1CCN(c2ccc(F)cc2Cl)C(=O)C(C2CC2)N1. The number of hydrogen-bond donors (Lipinski definition) is 1. The zero-order chi connectivity index (χ0) is 14.3. The smallest absolute Gasteiger partial charge is 0.249 e. The van der Waals surface area contributed by atoms with Gasteiger partial charge in [-0.15, -0.1) is 0 Å². The topological polar surface area (TPSA) is 49.4 Å². The van der Waals surface area contributed by atoms with E-state index in [0.717, 1.165) is 12.8 Å². The molecule has 3 rings (SSSR count). The fraction of sp³-hybridized carbons (Fsp3) is 0.429. The van der Waals surface area contributed by atoms with Crippen LogP contribution in [0.1, 0.15) is 19.3 Å². The van der Waals surface area contributed by atoms with Gasteiger partial charge in [0.25, 0.3) is 0 Å². The van der Waals surface area contributed by atoms with E-state index in [1.54, 1.807) is 0 Å². The summed E-state index contributed by atoms with van der Waals surface area (Å²) in [6, 6.07) is 3.44. The van der Waals surface area contributed by atoms with Gasteiger partial charge >= 0.3 is 0 Å². The Labute approximate surface area is 120 Å². The van der Waals surface area contributed by atoms with Crippen LogP contribution in [0.2, 0.25) is 5.02 Å². The van der Waals surface area contributed by atoms with E-state index in [0.29, 0.717) is 5.69 Å². The number of nitrogens with one attached hydrogen (secondary N) is 1. The largest absolute Gasteiger partial charge is 0.344 e. The summed E-state index contributed by atoms with van der Waals surface area (Å²) < 4.78 is 13.1. The average Bonchev–Trinajstić information content (AvgIpc) is 3.21. The maximum Gasteiger partial charge on any atom is 0.249 e. The van der Waals surface area contributed by atoms with Gasteiger partial charge in [-0.1, -0.05) is 11.6 Å². The van der Waals surface area contributed by atoms with Gasteiger partial charge in [-0.2, -0.15) is 0 Å². The summed E-state index contributed by atoms with van der Waals surface area (Å²) in [5, 5.41) is 2.96. The normalized spacial score (nSPS) is 23.5. The van der Waals surface area contributed by atoms with Crippen LogP contribution in [0.25, 0.3) is 0 Å². The number of nitrogens with zero attached hydrogens (tertiary/aromatic N) is 1. The highest BCUT2D eigenvalue weighted by atomic mass is 35.5. The van der Waals surface area contributed by atoms with Gasteiger partial charge in [0, 0.05) is 13.0 Å². The predicted octanol–water partition coefficient (Wildman–Crippen LogP) is 2.11. The molecule has 4 nitrogen and oxygen atoms in total. The maximum atomic E-state index is 13.1. The van der Waals surface area contributed by atoms with Gasteiger partial charge in [0.05, 0.1) is 10.7 Å². The minimum absolute atomic E-state index is 0.129. The van der Waals surface area contributed by atoms with E-state index >= 15 is 0 Å². The summed E-state index contributed by atoms with van der Waals surface area (Å²) in [5.74, 6) is -0.525. The fourth-order valence-corrected chi connectivity index (χ4v) is 2.76. The van der Waals surface area contributed by atoms with Gasteiger partial charge in [-0.05, 0) is 37.0 Å². The first kappa shape index (κ1) is 13.4. The van der Waals surface area contributed by atoms with E-state index in [-0.39, 0.29) is 35.7 Å². The molecule has 20 heavy (non-hydrogen) atoms. The zero-order valence-corrected chi connectivity index (χ0v) is 11.5. The summed E-state index contributed by atoms with van der Waals surface area (Å²) in [7, 11) is 0. The molecule has 106 valence electrons. The van der Waals surface area contributed by atoms with Gasteiger partial charge in [-0.25, -0.2) is 4.39 Å². The van der Waals surface area contributed by atoms with E-state index in [1.807, 2.05) is 0 Å². The van der Waals surface area contributed by atoms with Crippen LogP contribution in [-0.4, -0.2) is 24.4 Å². The van der Waals surface area contributed by atoms with Crippen molar-refractivity contribution in [2.24, 2.45) is 5.92 Å². The molecule has 1 aromatic rings. The summed E-state index contributed by atoms with van der Waals surface area (Å²) in [6.45, 7) is 0.263. The summed E-state index contributed by atoms with van der Waals surface area (Å²) >= 11 is 6.02. The molecule has 1 unspecified atom stereocenters. The molecular weight excluding hydrogens is 283 g/mol. The number of anilines is 1. The number of rotatable bonds is 2. The molecule has 2 amide bonds. The Morgan fingerprint density at radius 1 is 1.30 bits per heavy atom. The Morgan fingerprint density at radius 2 is 2.05 bits per heavy atom. The molecule has 0 bridgehead atoms. The van der Waals surface area contributed by atoms with E-state index in [2.05, 4.69) is 5.32 Å². The highest BCUT2D eigenvalue weighted by Crippen LogP contribution is 2.36. The Bertz CT molecular complexity index is 574. The molecule has 1 atom stereocenters. The molecule has 1 aliphatic heterocycles. The Hall–Kier alpha value is -1.62. The Kier molecular flexibility index (Phi) is 3.38. The fourth-order valence-electron chi connectivity index (χ4n) is 2.49. The predicted molar refractivity (Wildman–Crippen MR) is 73.0 cm³/mol. The van der Waals surface area contributed by atoms with Gasteiger partial charge in [0.15, 0.2) is 0 Å². The molecule has 0 spiro atoms. The standard InChI is InChI=1S/C14H14ClFN2O2/c15-10-7-9(16)3-4-11(10)18-6-5-12(19)17-13(14(18)20)8-1-2-8/h3-4,7-8,13H,1-2,5-6H2,(H,17,19). The molecular formula is C14H14ClFN2O2. The van der Waals surface area contributed by atoms with Crippen LogP contribution < -0.4 is 10.2 Å². The Balaban J connectivity index is 1.93. The zero-order valence-electron chi connectivity index (χ0n) is 10.7. The minimum atomic E-state index is -0.480. The minimum Gasteiger partial charge on any atom is -0.344 e. The van der Waals surface area contributed by atoms with Crippen molar-refractivity contribution >= 4 is 29.1 Å². The van der Waals surface area contributed by atoms with Crippen molar-refractivity contribution in [2.45, 2.75) is 25.3 Å². The van der Waals surface area contributed by atoms with Gasteiger partial charge < -0.3 is 10.2 Å². The van der Waals surface area contributed by atoms with Crippen LogP contribution >= 0.6 is 11.6 Å². The molecule has 1 heterocycles. The van der Waals surface area contributed by atoms with Crippen molar-refractivity contribution in [3.05, 3.63) is 29.0 Å². The van der Waals surface area contributed by atoms with Crippen molar-refractivity contribution in [3.63, 3.8) is 0 Å². The third-order valence-electron chi connectivity index (χ3n) is 3.70. The molecule has 0 aromatic heterocycles. The molecule has 6 heteroatoms. The van der Waals surface area contributed by atoms with Gasteiger partial charge in [0.2, 0.25) is 11.8 Å². The van der Waals surface area contributed by atoms with E-state index in [1.165, 1.54) is 23.1 Å². The number of amides is 2. The third-order valence-corrected chi connectivity index (χ3v) is 4.01. The van der Waals surface area contributed by atoms with Gasteiger partial charge in [0.1, 0.15) is 11.9 Å². The summed E-state index contributed by atoms with van der Waals surface area (Å²) in [5.41, 5.74) is 0.459. The molecule has 2 fully saturated rings. The van der Waals surface area contributed by atoms with E-state index in [4.69, 9.17) is 11.6 Å². The van der Waals surface area contributed by atoms with Crippen LogP contribution in [0.3, 0.4) is 0 Å². The highest BCUT2D eigenvalue weighted by Gasteiger charge is 2.41. The van der Waals surface area contributed by atoms with Crippen molar-refractivity contribution in [3.8, 4) is 0 Å². The highest BCUT2D eigenvalue weighted by molar-refractivity contribution is 6.34. The second-order valence-electron chi connectivity index (χ2n) is 5.22. The number of carbonyl (C=O) groups is 2. The molecule has 1 saturated carbocycles. The molecule has 1 saturated heterocycles. The quantitative estimate of drug-likeness (QED) is 0.909. The van der Waals surface area contributed by atoms with E-state index in [9.17, 15) is 14.0 Å². The van der Waals surface area contributed by atoms with Crippen LogP contribution in [0.4, 0.5) is 10.1 Å². The Morgan fingerprint density at radius 3 is 2.70 bits per heavy atom. The first-order valence-corrected chi connectivity index (χ1v) is 7.00. The van der Waals surface area contributed by atoms with Crippen LogP contribution in [0.15, 0.2) is 18.2 Å². The molecule has 2 aliphatic rings. The second kappa shape index (κ2) is 5.05. The lowest BCUT2D eigenvalue weighted by Crippen LogP contribution is -2.46. The lowest BCUT2D eigenvalue weighted by Gasteiger charge is -2.25. The van der Waals surface area contributed by atoms with Crippen LogP contribution in [0.5, 0.6) is 0 Å². The van der Waals surface area contributed by atoms with Crippen molar-refractivity contribution in [1.82, 2.24) is 5.32 Å². The van der Waals surface area contributed by atoms with Crippen molar-refractivity contribution in [1.29, 1.82) is 0 Å². The summed E-state index contributed by atoms with van der Waals surface area (Å²) in [4.78, 5) is 25.8. The lowest BCUT2D eigenvalue weighted by molar-refractivity contribution is -0.126. The lowest BCUT2D eigenvalue weighted by atomic mass is 10.1. The van der Waals surface area contributed by atoms with E-state index < -0.39 is 11.9 Å². The maximum absolute atomic E-state index is 13.1. The number of halogens is 2. The average molecular weight is 297 g/mol. The van der Waals surface area contributed by atoms with Gasteiger partial charge in [-0.3, -0.25) is 9.59 Å². The van der Waals surface area contributed by atoms with Crippen molar-refractivity contribution < 1.29 is 14.0 Å².